The molecule has 1 aromatic rings. The smallest absolute Gasteiger partial charge is 0.195 e. The van der Waals surface area contributed by atoms with Gasteiger partial charge in [0.1, 0.15) is 6.07 Å². The quantitative estimate of drug-likeness (QED) is 0.288. The van der Waals surface area contributed by atoms with Crippen LogP contribution in [0.1, 0.15) is 101 Å². The minimum atomic E-state index is -0.713. The van der Waals surface area contributed by atoms with Crippen molar-refractivity contribution < 1.29 is 4.39 Å². The Morgan fingerprint density at radius 3 is 2.26 bits per heavy atom. The number of aryl methyl sites for hydroxylation is 1. The third-order valence-corrected chi connectivity index (χ3v) is 7.83. The number of nitriles is 1. The molecular weight excluding hydrogens is 381 g/mol. The van der Waals surface area contributed by atoms with Gasteiger partial charge in [-0.05, 0) is 105 Å². The number of benzene rings is 1. The van der Waals surface area contributed by atoms with E-state index in [0.717, 1.165) is 30.1 Å². The summed E-state index contributed by atoms with van der Waals surface area (Å²) in [4.78, 5) is 0. The molecule has 1 aromatic carbocycles. The van der Waals surface area contributed by atoms with Crippen molar-refractivity contribution in [2.24, 2.45) is 17.8 Å². The van der Waals surface area contributed by atoms with E-state index in [-0.39, 0.29) is 0 Å². The maximum absolute atomic E-state index is 12.8. The van der Waals surface area contributed by atoms with E-state index in [1.54, 1.807) is 11.6 Å². The van der Waals surface area contributed by atoms with Crippen LogP contribution in [0.2, 0.25) is 0 Å². The Labute approximate surface area is 189 Å². The normalized spacial score (nSPS) is 27.3. The molecule has 31 heavy (non-hydrogen) atoms. The molecule has 0 saturated heterocycles. The van der Waals surface area contributed by atoms with Crippen molar-refractivity contribution in [3.05, 3.63) is 59.4 Å². The molecule has 2 aliphatic rings. The zero-order valence-electron chi connectivity index (χ0n) is 19.4. The third-order valence-electron chi connectivity index (χ3n) is 7.83. The average molecular weight is 422 g/mol. The van der Waals surface area contributed by atoms with Gasteiger partial charge in [0.15, 0.2) is 5.83 Å². The highest BCUT2D eigenvalue weighted by atomic mass is 19.1. The maximum atomic E-state index is 12.8. The van der Waals surface area contributed by atoms with E-state index in [4.69, 9.17) is 5.26 Å². The summed E-state index contributed by atoms with van der Waals surface area (Å²) >= 11 is 0. The molecule has 0 radical (unpaired) electrons. The molecule has 0 spiro atoms. The molecule has 2 heteroatoms. The van der Waals surface area contributed by atoms with Gasteiger partial charge < -0.3 is 0 Å². The van der Waals surface area contributed by atoms with Gasteiger partial charge in [0.25, 0.3) is 0 Å². The molecule has 0 aliphatic heterocycles. The van der Waals surface area contributed by atoms with E-state index in [2.05, 4.69) is 31.2 Å². The number of unbranched alkanes of at least 4 members (excludes halogenated alkanes) is 1. The van der Waals surface area contributed by atoms with E-state index < -0.39 is 5.83 Å². The van der Waals surface area contributed by atoms with Crippen molar-refractivity contribution in [3.63, 3.8) is 0 Å². The van der Waals surface area contributed by atoms with Crippen LogP contribution >= 0.6 is 0 Å². The Bertz CT molecular complexity index is 738. The summed E-state index contributed by atoms with van der Waals surface area (Å²) in [6, 6.07) is 11.0. The van der Waals surface area contributed by atoms with Crippen LogP contribution in [0, 0.1) is 29.1 Å². The zero-order valence-corrected chi connectivity index (χ0v) is 19.4. The van der Waals surface area contributed by atoms with Gasteiger partial charge in [0.2, 0.25) is 0 Å². The minimum absolute atomic E-state index is 0.713. The summed E-state index contributed by atoms with van der Waals surface area (Å²) in [5.74, 6) is 2.78. The Morgan fingerprint density at radius 2 is 1.65 bits per heavy atom. The largest absolute Gasteiger partial charge is 0.199 e. The van der Waals surface area contributed by atoms with Crippen LogP contribution < -0.4 is 0 Å². The Kier molecular flexibility index (Phi) is 9.85. The lowest BCUT2D eigenvalue weighted by molar-refractivity contribution is 0.157. The summed E-state index contributed by atoms with van der Waals surface area (Å²) in [5.41, 5.74) is 3.07. The van der Waals surface area contributed by atoms with Crippen molar-refractivity contribution in [2.45, 2.75) is 96.3 Å². The number of nitrogens with zero attached hydrogens (tertiary/aromatic N) is 1. The Hall–Kier alpha value is -1.88. The van der Waals surface area contributed by atoms with Crippen LogP contribution in [-0.2, 0) is 6.42 Å². The molecule has 0 atom stereocenters. The second-order valence-electron chi connectivity index (χ2n) is 9.87. The maximum Gasteiger partial charge on any atom is 0.199 e. The molecule has 0 N–H and O–H groups in total. The van der Waals surface area contributed by atoms with E-state index >= 15 is 0 Å². The van der Waals surface area contributed by atoms with Gasteiger partial charge in [-0.2, -0.15) is 9.65 Å². The zero-order chi connectivity index (χ0) is 21.9. The van der Waals surface area contributed by atoms with Gasteiger partial charge in [-0.25, -0.2) is 0 Å². The molecule has 2 aliphatic carbocycles. The van der Waals surface area contributed by atoms with Crippen LogP contribution in [0.5, 0.6) is 0 Å². The van der Waals surface area contributed by atoms with Crippen molar-refractivity contribution in [2.75, 3.05) is 0 Å². The highest BCUT2D eigenvalue weighted by Gasteiger charge is 2.31. The van der Waals surface area contributed by atoms with E-state index in [1.807, 2.05) is 6.08 Å². The van der Waals surface area contributed by atoms with Crippen LogP contribution in [0.4, 0.5) is 4.39 Å². The van der Waals surface area contributed by atoms with E-state index in [9.17, 15) is 4.39 Å². The monoisotopic (exact) mass is 421 g/mol. The van der Waals surface area contributed by atoms with Gasteiger partial charge in [-0.15, -0.1) is 0 Å². The van der Waals surface area contributed by atoms with Crippen molar-refractivity contribution in [3.8, 4) is 6.07 Å². The topological polar surface area (TPSA) is 23.8 Å². The van der Waals surface area contributed by atoms with Crippen LogP contribution in [0.15, 0.2) is 48.3 Å². The first-order valence-corrected chi connectivity index (χ1v) is 12.7. The summed E-state index contributed by atoms with van der Waals surface area (Å²) in [5, 5.41) is 8.41. The van der Waals surface area contributed by atoms with Gasteiger partial charge in [-0.1, -0.05) is 62.6 Å². The lowest BCUT2D eigenvalue weighted by Gasteiger charge is -2.38. The first kappa shape index (κ1) is 23.8. The van der Waals surface area contributed by atoms with Crippen LogP contribution in [0.25, 0.3) is 0 Å². The molecule has 0 heterocycles. The standard InChI is InChI=1S/C29H40FN/c1-2-3-7-23-10-14-25(15-11-23)27-18-20-28(21-19-27)26-16-12-24(13-17-26)8-5-4-6-9-29(30)22-31/h4,6,9-11,14-15,24,26-28H,2-3,5,7-8,12-13,16-21H2,1H3/b6-4+,29-9-/t24?,26?,27-,28-. The summed E-state index contributed by atoms with van der Waals surface area (Å²) in [7, 11) is 0. The molecular formula is C29H40FN. The molecule has 2 saturated carbocycles. The fraction of sp³-hybridized carbons (Fsp3) is 0.621. The van der Waals surface area contributed by atoms with Gasteiger partial charge in [0, 0.05) is 0 Å². The van der Waals surface area contributed by atoms with E-state index in [0.29, 0.717) is 0 Å². The van der Waals surface area contributed by atoms with Crippen LogP contribution in [0.3, 0.4) is 0 Å². The average Bonchev–Trinajstić information content (AvgIpc) is 2.83. The fourth-order valence-corrected chi connectivity index (χ4v) is 5.83. The van der Waals surface area contributed by atoms with Crippen molar-refractivity contribution in [1.29, 1.82) is 5.26 Å². The number of halogens is 1. The predicted molar refractivity (Wildman–Crippen MR) is 128 cm³/mol. The molecule has 0 aromatic heterocycles. The molecule has 0 bridgehead atoms. The van der Waals surface area contributed by atoms with Gasteiger partial charge in [-0.3, -0.25) is 0 Å². The lowest BCUT2D eigenvalue weighted by atomic mass is 9.68. The summed E-state index contributed by atoms with van der Waals surface area (Å²) in [6.45, 7) is 2.26. The summed E-state index contributed by atoms with van der Waals surface area (Å²) < 4.78 is 12.8. The number of allylic oxidation sites excluding steroid dienone is 4. The number of hydrogen-bond acceptors (Lipinski definition) is 1. The molecule has 0 unspecified atom stereocenters. The Morgan fingerprint density at radius 1 is 1.00 bits per heavy atom. The first-order chi connectivity index (χ1) is 15.2. The molecule has 168 valence electrons. The minimum Gasteiger partial charge on any atom is -0.195 e. The Balaban J connectivity index is 1.35. The third kappa shape index (κ3) is 7.64. The second-order valence-corrected chi connectivity index (χ2v) is 9.87. The first-order valence-electron chi connectivity index (χ1n) is 12.7. The predicted octanol–water partition coefficient (Wildman–Crippen LogP) is 8.82. The molecule has 0 amide bonds. The van der Waals surface area contributed by atoms with E-state index in [1.165, 1.54) is 94.8 Å². The number of rotatable bonds is 9. The summed E-state index contributed by atoms with van der Waals surface area (Å²) in [6.07, 6.45) is 22.0. The van der Waals surface area contributed by atoms with Crippen LogP contribution in [-0.4, -0.2) is 0 Å². The number of hydrogen-bond donors (Lipinski definition) is 0. The fourth-order valence-electron chi connectivity index (χ4n) is 5.83. The second kappa shape index (κ2) is 12.8. The lowest BCUT2D eigenvalue weighted by Crippen LogP contribution is -2.25. The van der Waals surface area contributed by atoms with Gasteiger partial charge in [0.05, 0.1) is 0 Å². The highest BCUT2D eigenvalue weighted by Crippen LogP contribution is 2.44. The molecule has 2 fully saturated rings. The molecule has 3 rings (SSSR count). The van der Waals surface area contributed by atoms with Crippen molar-refractivity contribution in [1.82, 2.24) is 0 Å². The molecule has 1 nitrogen and oxygen atoms in total. The van der Waals surface area contributed by atoms with Gasteiger partial charge >= 0.3 is 0 Å². The SMILES string of the molecule is CCCCc1ccc([C@H]2CC[C@H](C3CCC(CC/C=C/C=C(\F)C#N)CC3)CC2)cc1. The van der Waals surface area contributed by atoms with Crippen molar-refractivity contribution >= 4 is 0 Å². The highest BCUT2D eigenvalue weighted by molar-refractivity contribution is 5.26.